The highest BCUT2D eigenvalue weighted by molar-refractivity contribution is 6.30. The van der Waals surface area contributed by atoms with Crippen molar-refractivity contribution in [3.8, 4) is 0 Å². The van der Waals surface area contributed by atoms with Gasteiger partial charge in [-0.3, -0.25) is 0 Å². The molecule has 0 amide bonds. The van der Waals surface area contributed by atoms with Gasteiger partial charge in [0.2, 0.25) is 0 Å². The molecule has 1 N–H and O–H groups in total. The van der Waals surface area contributed by atoms with E-state index in [1.54, 1.807) is 0 Å². The fourth-order valence-electron chi connectivity index (χ4n) is 2.83. The number of anilines is 2. The molecular weight excluding hydrogens is 280 g/mol. The molecule has 0 atom stereocenters. The summed E-state index contributed by atoms with van der Waals surface area (Å²) in [7, 11) is 0. The first-order valence-corrected chi connectivity index (χ1v) is 8.03. The van der Waals surface area contributed by atoms with Crippen molar-refractivity contribution in [2.45, 2.75) is 25.8 Å². The van der Waals surface area contributed by atoms with Gasteiger partial charge in [-0.1, -0.05) is 35.9 Å². The highest BCUT2D eigenvalue weighted by Gasteiger charge is 2.13. The number of hydrogen-bond donors (Lipinski definition) is 1. The Morgan fingerprint density at radius 1 is 0.905 bits per heavy atom. The first-order chi connectivity index (χ1) is 10.3. The molecule has 0 radical (unpaired) electrons. The summed E-state index contributed by atoms with van der Waals surface area (Å²) < 4.78 is 0. The van der Waals surface area contributed by atoms with Crippen LogP contribution in [0.5, 0.6) is 0 Å². The molecule has 3 rings (SSSR count). The van der Waals surface area contributed by atoms with Crippen molar-refractivity contribution in [1.82, 2.24) is 0 Å². The standard InChI is InChI=1S/C18H21ClN2/c19-16-10-8-15(9-11-16)14-20-17-6-2-3-7-18(17)21-12-4-1-5-13-21/h2-3,6-11,20H,1,4-5,12-14H2. The topological polar surface area (TPSA) is 15.3 Å². The van der Waals surface area contributed by atoms with Crippen molar-refractivity contribution >= 4 is 23.0 Å². The number of nitrogens with zero attached hydrogens (tertiary/aromatic N) is 1. The second-order valence-corrected chi connectivity index (χ2v) is 5.98. The van der Waals surface area contributed by atoms with E-state index < -0.39 is 0 Å². The number of halogens is 1. The van der Waals surface area contributed by atoms with Crippen molar-refractivity contribution in [3.05, 3.63) is 59.1 Å². The van der Waals surface area contributed by atoms with Gasteiger partial charge in [0.25, 0.3) is 0 Å². The Bertz CT molecular complexity index is 574. The zero-order valence-electron chi connectivity index (χ0n) is 12.2. The predicted molar refractivity (Wildman–Crippen MR) is 91.3 cm³/mol. The molecule has 0 spiro atoms. The number of hydrogen-bond acceptors (Lipinski definition) is 2. The maximum absolute atomic E-state index is 5.93. The quantitative estimate of drug-likeness (QED) is 0.860. The number of para-hydroxylation sites is 2. The molecule has 21 heavy (non-hydrogen) atoms. The SMILES string of the molecule is Clc1ccc(CNc2ccccc2N2CCCCC2)cc1. The molecule has 1 fully saturated rings. The molecule has 1 heterocycles. The molecule has 1 saturated heterocycles. The molecule has 2 nitrogen and oxygen atoms in total. The van der Waals surface area contributed by atoms with E-state index in [4.69, 9.17) is 11.6 Å². The van der Waals surface area contributed by atoms with Crippen molar-refractivity contribution in [3.63, 3.8) is 0 Å². The zero-order chi connectivity index (χ0) is 14.5. The molecule has 0 saturated carbocycles. The molecule has 0 bridgehead atoms. The molecule has 1 aliphatic rings. The minimum atomic E-state index is 0.785. The third-order valence-electron chi connectivity index (χ3n) is 4.00. The molecule has 0 aromatic heterocycles. The summed E-state index contributed by atoms with van der Waals surface area (Å²) in [4.78, 5) is 2.49. The fraction of sp³-hybridized carbons (Fsp3) is 0.333. The fourth-order valence-corrected chi connectivity index (χ4v) is 2.96. The third-order valence-corrected chi connectivity index (χ3v) is 4.25. The van der Waals surface area contributed by atoms with Gasteiger partial charge in [0.1, 0.15) is 0 Å². The second-order valence-electron chi connectivity index (χ2n) is 5.54. The van der Waals surface area contributed by atoms with Crippen LogP contribution in [0, 0.1) is 0 Å². The zero-order valence-corrected chi connectivity index (χ0v) is 12.9. The number of benzene rings is 2. The molecule has 2 aromatic rings. The van der Waals surface area contributed by atoms with E-state index in [2.05, 4.69) is 46.6 Å². The van der Waals surface area contributed by atoms with Gasteiger partial charge in [-0.2, -0.15) is 0 Å². The summed E-state index contributed by atoms with van der Waals surface area (Å²) in [5.41, 5.74) is 3.79. The second kappa shape index (κ2) is 6.86. The van der Waals surface area contributed by atoms with Crippen LogP contribution < -0.4 is 10.2 Å². The Labute approximate surface area is 131 Å². The summed E-state index contributed by atoms with van der Waals surface area (Å²) >= 11 is 5.93. The number of piperidine rings is 1. The third kappa shape index (κ3) is 3.70. The molecule has 110 valence electrons. The number of rotatable bonds is 4. The van der Waals surface area contributed by atoms with Crippen molar-refractivity contribution in [1.29, 1.82) is 0 Å². The van der Waals surface area contributed by atoms with Crippen LogP contribution in [0.1, 0.15) is 24.8 Å². The summed E-state index contributed by atoms with van der Waals surface area (Å²) in [5.74, 6) is 0. The molecule has 1 aliphatic heterocycles. The van der Waals surface area contributed by atoms with Gasteiger partial charge in [0, 0.05) is 24.7 Å². The average Bonchev–Trinajstić information content (AvgIpc) is 2.55. The maximum atomic E-state index is 5.93. The maximum Gasteiger partial charge on any atom is 0.0602 e. The van der Waals surface area contributed by atoms with Gasteiger partial charge in [-0.15, -0.1) is 0 Å². The Morgan fingerprint density at radius 3 is 2.38 bits per heavy atom. The van der Waals surface area contributed by atoms with Crippen molar-refractivity contribution < 1.29 is 0 Å². The lowest BCUT2D eigenvalue weighted by molar-refractivity contribution is 0.578. The van der Waals surface area contributed by atoms with E-state index in [-0.39, 0.29) is 0 Å². The first-order valence-electron chi connectivity index (χ1n) is 7.65. The predicted octanol–water partition coefficient (Wildman–Crippen LogP) is 4.94. The van der Waals surface area contributed by atoms with Crippen LogP contribution in [0.3, 0.4) is 0 Å². The highest BCUT2D eigenvalue weighted by Crippen LogP contribution is 2.28. The summed E-state index contributed by atoms with van der Waals surface area (Å²) in [5, 5.41) is 4.35. The van der Waals surface area contributed by atoms with Crippen LogP contribution in [0.15, 0.2) is 48.5 Å². The van der Waals surface area contributed by atoms with Crippen LogP contribution in [0.2, 0.25) is 5.02 Å². The number of nitrogens with one attached hydrogen (secondary N) is 1. The van der Waals surface area contributed by atoms with Gasteiger partial charge < -0.3 is 10.2 Å². The lowest BCUT2D eigenvalue weighted by atomic mass is 10.1. The van der Waals surface area contributed by atoms with E-state index >= 15 is 0 Å². The molecule has 0 unspecified atom stereocenters. The Balaban J connectivity index is 1.71. The Hall–Kier alpha value is -1.67. The monoisotopic (exact) mass is 300 g/mol. The largest absolute Gasteiger partial charge is 0.379 e. The van der Waals surface area contributed by atoms with Crippen LogP contribution in [-0.4, -0.2) is 13.1 Å². The lowest BCUT2D eigenvalue weighted by Crippen LogP contribution is -2.30. The molecule has 2 aromatic carbocycles. The van der Waals surface area contributed by atoms with Crippen LogP contribution >= 0.6 is 11.6 Å². The van der Waals surface area contributed by atoms with Crippen LogP contribution in [-0.2, 0) is 6.54 Å². The van der Waals surface area contributed by atoms with E-state index in [0.717, 1.165) is 11.6 Å². The van der Waals surface area contributed by atoms with Crippen molar-refractivity contribution in [2.24, 2.45) is 0 Å². The van der Waals surface area contributed by atoms with Gasteiger partial charge in [-0.05, 0) is 49.1 Å². The van der Waals surface area contributed by atoms with E-state index in [0.29, 0.717) is 0 Å². The first kappa shape index (κ1) is 14.3. The summed E-state index contributed by atoms with van der Waals surface area (Å²) in [6.45, 7) is 3.15. The Kier molecular flexibility index (Phi) is 4.66. The van der Waals surface area contributed by atoms with Gasteiger partial charge >= 0.3 is 0 Å². The van der Waals surface area contributed by atoms with Crippen molar-refractivity contribution in [2.75, 3.05) is 23.3 Å². The van der Waals surface area contributed by atoms with E-state index in [1.165, 1.54) is 49.3 Å². The van der Waals surface area contributed by atoms with E-state index in [1.807, 2.05) is 12.1 Å². The van der Waals surface area contributed by atoms with E-state index in [9.17, 15) is 0 Å². The smallest absolute Gasteiger partial charge is 0.0602 e. The Morgan fingerprint density at radius 2 is 1.62 bits per heavy atom. The molecular formula is C18H21ClN2. The summed E-state index contributed by atoms with van der Waals surface area (Å²) in [6, 6.07) is 16.6. The minimum Gasteiger partial charge on any atom is -0.379 e. The normalized spacial score (nSPS) is 15.0. The van der Waals surface area contributed by atoms with Gasteiger partial charge in [0.05, 0.1) is 11.4 Å². The molecule has 3 heteroatoms. The van der Waals surface area contributed by atoms with Crippen LogP contribution in [0.4, 0.5) is 11.4 Å². The van der Waals surface area contributed by atoms with Gasteiger partial charge in [0.15, 0.2) is 0 Å². The highest BCUT2D eigenvalue weighted by atomic mass is 35.5. The average molecular weight is 301 g/mol. The van der Waals surface area contributed by atoms with Gasteiger partial charge in [-0.25, -0.2) is 0 Å². The van der Waals surface area contributed by atoms with Crippen LogP contribution in [0.25, 0.3) is 0 Å². The molecule has 0 aliphatic carbocycles. The summed E-state index contributed by atoms with van der Waals surface area (Å²) in [6.07, 6.45) is 3.95. The minimum absolute atomic E-state index is 0.785. The lowest BCUT2D eigenvalue weighted by Gasteiger charge is -2.30.